The first-order chi connectivity index (χ1) is 8.75. The summed E-state index contributed by atoms with van der Waals surface area (Å²) in [4.78, 5) is 5.80. The number of nitrogens with two attached hydrogens (primary N) is 1. The molecule has 0 aliphatic heterocycles. The van der Waals surface area contributed by atoms with Crippen molar-refractivity contribution in [3.8, 4) is 0 Å². The van der Waals surface area contributed by atoms with Crippen molar-refractivity contribution in [1.82, 2.24) is 4.98 Å². The number of anilines is 1. The monoisotopic (exact) mass is 280 g/mol. The lowest BCUT2D eigenvalue weighted by Gasteiger charge is -2.03. The minimum atomic E-state index is -0.151. The Balaban J connectivity index is 1.76. The van der Waals surface area contributed by atoms with E-state index < -0.39 is 0 Å². The molecule has 18 heavy (non-hydrogen) atoms. The Morgan fingerprint density at radius 3 is 2.56 bits per heavy atom. The fourth-order valence-electron chi connectivity index (χ4n) is 1.35. The van der Waals surface area contributed by atoms with Crippen molar-refractivity contribution in [2.24, 2.45) is 0 Å². The van der Waals surface area contributed by atoms with Crippen LogP contribution in [0.25, 0.3) is 0 Å². The van der Waals surface area contributed by atoms with Gasteiger partial charge in [-0.05, 0) is 24.3 Å². The molecule has 2 aromatic rings. The Labute approximate surface area is 114 Å². The summed E-state index contributed by atoms with van der Waals surface area (Å²) in [5.41, 5.74) is 5.51. The quantitative estimate of drug-likeness (QED) is 0.669. The predicted octanol–water partition coefficient (Wildman–Crippen LogP) is 3.69. The van der Waals surface area contributed by atoms with Gasteiger partial charge in [0, 0.05) is 27.5 Å². The third kappa shape index (κ3) is 3.92. The van der Waals surface area contributed by atoms with Crippen LogP contribution >= 0.6 is 23.5 Å². The molecule has 2 nitrogen and oxygen atoms in total. The van der Waals surface area contributed by atoms with Crippen LogP contribution in [0, 0.1) is 5.82 Å². The van der Waals surface area contributed by atoms with Crippen molar-refractivity contribution in [2.75, 3.05) is 17.2 Å². The Morgan fingerprint density at radius 2 is 1.83 bits per heavy atom. The summed E-state index contributed by atoms with van der Waals surface area (Å²) in [5.74, 6) is 2.14. The second-order valence-corrected chi connectivity index (χ2v) is 5.85. The number of pyridine rings is 1. The van der Waals surface area contributed by atoms with E-state index in [0.717, 1.165) is 16.4 Å². The van der Waals surface area contributed by atoms with E-state index in [2.05, 4.69) is 4.98 Å². The standard InChI is InChI=1S/C13H13FN2S2/c14-11-3-1-2-4-12(11)18-8-7-17-10-5-6-13(15)16-9-10/h1-6,9H,7-8H2,(H2,15,16). The van der Waals surface area contributed by atoms with Gasteiger partial charge in [0.05, 0.1) is 0 Å². The number of thioether (sulfide) groups is 2. The van der Waals surface area contributed by atoms with Crippen LogP contribution in [-0.2, 0) is 0 Å². The highest BCUT2D eigenvalue weighted by molar-refractivity contribution is 8.03. The highest BCUT2D eigenvalue weighted by atomic mass is 32.2. The smallest absolute Gasteiger partial charge is 0.136 e. The molecule has 0 aliphatic rings. The van der Waals surface area contributed by atoms with Crippen molar-refractivity contribution in [1.29, 1.82) is 0 Å². The van der Waals surface area contributed by atoms with Crippen LogP contribution in [0.1, 0.15) is 0 Å². The minimum Gasteiger partial charge on any atom is -0.384 e. The Hall–Kier alpha value is -1.20. The number of benzene rings is 1. The lowest BCUT2D eigenvalue weighted by Crippen LogP contribution is -1.90. The summed E-state index contributed by atoms with van der Waals surface area (Å²) in [6.45, 7) is 0. The summed E-state index contributed by atoms with van der Waals surface area (Å²) in [7, 11) is 0. The summed E-state index contributed by atoms with van der Waals surface area (Å²) < 4.78 is 13.3. The first-order valence-corrected chi connectivity index (χ1v) is 7.44. The third-order valence-electron chi connectivity index (χ3n) is 2.21. The summed E-state index contributed by atoms with van der Waals surface area (Å²) in [6.07, 6.45) is 1.76. The molecule has 0 radical (unpaired) electrons. The largest absolute Gasteiger partial charge is 0.384 e. The van der Waals surface area contributed by atoms with Gasteiger partial charge >= 0.3 is 0 Å². The molecule has 0 fully saturated rings. The lowest BCUT2D eigenvalue weighted by atomic mass is 10.3. The number of nitrogens with zero attached hydrogens (tertiary/aromatic N) is 1. The predicted molar refractivity (Wildman–Crippen MR) is 76.5 cm³/mol. The van der Waals surface area contributed by atoms with Crippen LogP contribution in [0.15, 0.2) is 52.4 Å². The van der Waals surface area contributed by atoms with Crippen molar-refractivity contribution in [3.05, 3.63) is 48.4 Å². The van der Waals surface area contributed by atoms with E-state index >= 15 is 0 Å². The molecule has 2 rings (SSSR count). The van der Waals surface area contributed by atoms with Crippen molar-refractivity contribution < 1.29 is 4.39 Å². The molecule has 0 spiro atoms. The molecule has 0 bridgehead atoms. The highest BCUT2D eigenvalue weighted by Gasteiger charge is 2.01. The molecule has 0 saturated heterocycles. The molecule has 94 valence electrons. The number of nitrogen functional groups attached to an aromatic ring is 1. The van der Waals surface area contributed by atoms with Gasteiger partial charge < -0.3 is 5.73 Å². The van der Waals surface area contributed by atoms with Crippen LogP contribution in [0.3, 0.4) is 0 Å². The fraction of sp³-hybridized carbons (Fsp3) is 0.154. The molecule has 0 saturated carbocycles. The first-order valence-electron chi connectivity index (χ1n) is 5.47. The van der Waals surface area contributed by atoms with E-state index in [-0.39, 0.29) is 5.82 Å². The van der Waals surface area contributed by atoms with Gasteiger partial charge in [-0.25, -0.2) is 9.37 Å². The van der Waals surface area contributed by atoms with Gasteiger partial charge in [-0.2, -0.15) is 0 Å². The zero-order chi connectivity index (χ0) is 12.8. The van der Waals surface area contributed by atoms with Crippen LogP contribution in [0.2, 0.25) is 0 Å². The first kappa shape index (κ1) is 13.2. The van der Waals surface area contributed by atoms with Gasteiger partial charge in [0.1, 0.15) is 11.6 Å². The van der Waals surface area contributed by atoms with Gasteiger partial charge in [0.2, 0.25) is 0 Å². The van der Waals surface area contributed by atoms with E-state index in [0.29, 0.717) is 10.7 Å². The summed E-state index contributed by atoms with van der Waals surface area (Å²) in [5, 5.41) is 0. The van der Waals surface area contributed by atoms with Crippen molar-refractivity contribution in [3.63, 3.8) is 0 Å². The Morgan fingerprint density at radius 1 is 1.06 bits per heavy atom. The van der Waals surface area contributed by atoms with Crippen LogP contribution in [0.5, 0.6) is 0 Å². The molecular weight excluding hydrogens is 267 g/mol. The molecule has 0 atom stereocenters. The molecule has 0 aliphatic carbocycles. The molecule has 0 amide bonds. The van der Waals surface area contributed by atoms with Gasteiger partial charge in [-0.15, -0.1) is 23.5 Å². The molecule has 0 unspecified atom stereocenters. The Kier molecular flexibility index (Phi) is 4.90. The van der Waals surface area contributed by atoms with E-state index in [4.69, 9.17) is 5.73 Å². The van der Waals surface area contributed by atoms with Crippen LogP contribution in [0.4, 0.5) is 10.2 Å². The lowest BCUT2D eigenvalue weighted by molar-refractivity contribution is 0.602. The number of hydrogen-bond donors (Lipinski definition) is 1. The summed E-state index contributed by atoms with van der Waals surface area (Å²) in [6, 6.07) is 10.6. The zero-order valence-corrected chi connectivity index (χ0v) is 11.3. The average molecular weight is 280 g/mol. The molecule has 5 heteroatoms. The van der Waals surface area contributed by atoms with Crippen molar-refractivity contribution in [2.45, 2.75) is 9.79 Å². The molecule has 1 heterocycles. The normalized spacial score (nSPS) is 10.5. The van der Waals surface area contributed by atoms with Gasteiger partial charge in [-0.1, -0.05) is 12.1 Å². The topological polar surface area (TPSA) is 38.9 Å². The molecule has 1 aromatic heterocycles. The maximum Gasteiger partial charge on any atom is 0.136 e. The highest BCUT2D eigenvalue weighted by Crippen LogP contribution is 2.24. The van der Waals surface area contributed by atoms with E-state index in [1.54, 1.807) is 36.2 Å². The van der Waals surface area contributed by atoms with Gasteiger partial charge in [0.15, 0.2) is 0 Å². The van der Waals surface area contributed by atoms with E-state index in [1.165, 1.54) is 17.8 Å². The molecule has 1 aromatic carbocycles. The van der Waals surface area contributed by atoms with Crippen LogP contribution < -0.4 is 5.73 Å². The van der Waals surface area contributed by atoms with Crippen LogP contribution in [-0.4, -0.2) is 16.5 Å². The molecular formula is C13H13FN2S2. The second kappa shape index (κ2) is 6.66. The second-order valence-electron chi connectivity index (χ2n) is 3.55. The maximum absolute atomic E-state index is 13.3. The third-order valence-corrected chi connectivity index (χ3v) is 4.50. The number of rotatable bonds is 5. The molecule has 2 N–H and O–H groups in total. The number of halogens is 1. The SMILES string of the molecule is Nc1ccc(SCCSc2ccccc2F)cn1. The van der Waals surface area contributed by atoms with E-state index in [1.807, 2.05) is 12.1 Å². The number of hydrogen-bond acceptors (Lipinski definition) is 4. The fourth-order valence-corrected chi connectivity index (χ4v) is 3.14. The average Bonchev–Trinajstić information content (AvgIpc) is 2.39. The van der Waals surface area contributed by atoms with E-state index in [9.17, 15) is 4.39 Å². The van der Waals surface area contributed by atoms with Crippen molar-refractivity contribution >= 4 is 29.3 Å². The Bertz CT molecular complexity index is 503. The van der Waals surface area contributed by atoms with Gasteiger partial charge in [-0.3, -0.25) is 0 Å². The number of aromatic nitrogens is 1. The summed E-state index contributed by atoms with van der Waals surface area (Å²) >= 11 is 3.22. The van der Waals surface area contributed by atoms with Gasteiger partial charge in [0.25, 0.3) is 0 Å². The maximum atomic E-state index is 13.3. The zero-order valence-electron chi connectivity index (χ0n) is 9.67. The minimum absolute atomic E-state index is 0.151.